The van der Waals surface area contributed by atoms with Crippen molar-refractivity contribution in [3.8, 4) is 0 Å². The van der Waals surface area contributed by atoms with E-state index in [2.05, 4.69) is 17.6 Å². The Balaban J connectivity index is 2.56. The van der Waals surface area contributed by atoms with Crippen LogP contribution in [-0.2, 0) is 0 Å². The summed E-state index contributed by atoms with van der Waals surface area (Å²) in [7, 11) is 1.77. The van der Waals surface area contributed by atoms with E-state index in [1.54, 1.807) is 36.2 Å². The molecule has 0 saturated heterocycles. The second kappa shape index (κ2) is 8.19. The maximum atomic E-state index is 11.9. The van der Waals surface area contributed by atoms with Gasteiger partial charge in [0.25, 0.3) is 5.91 Å². The first-order valence-electron chi connectivity index (χ1n) is 6.98. The topological polar surface area (TPSA) is 61.4 Å². The lowest BCUT2D eigenvalue weighted by atomic mass is 10.2. The first-order valence-corrected chi connectivity index (χ1v) is 6.98. The second-order valence-corrected chi connectivity index (χ2v) is 4.64. The quantitative estimate of drug-likeness (QED) is 0.839. The van der Waals surface area contributed by atoms with Gasteiger partial charge in [-0.3, -0.25) is 4.79 Å². The number of hydrogen-bond donors (Lipinski definition) is 2. The van der Waals surface area contributed by atoms with Crippen LogP contribution in [0.4, 0.5) is 10.5 Å². The Morgan fingerprint density at radius 1 is 1.15 bits per heavy atom. The van der Waals surface area contributed by atoms with Crippen molar-refractivity contribution in [2.24, 2.45) is 0 Å². The molecule has 110 valence electrons. The summed E-state index contributed by atoms with van der Waals surface area (Å²) in [6.45, 7) is 5.29. The van der Waals surface area contributed by atoms with Crippen LogP contribution in [0.3, 0.4) is 0 Å². The highest BCUT2D eigenvalue weighted by atomic mass is 16.2. The number of benzene rings is 1. The average molecular weight is 277 g/mol. The molecule has 0 unspecified atom stereocenters. The lowest BCUT2D eigenvalue weighted by Gasteiger charge is -2.17. The molecule has 0 fully saturated rings. The number of amides is 3. The third-order valence-corrected chi connectivity index (χ3v) is 2.93. The number of unbranched alkanes of at least 4 members (excludes halogenated alkanes) is 1. The normalized spacial score (nSPS) is 9.95. The van der Waals surface area contributed by atoms with Gasteiger partial charge >= 0.3 is 6.03 Å². The maximum absolute atomic E-state index is 11.9. The first kappa shape index (κ1) is 16.0. The van der Waals surface area contributed by atoms with Crippen LogP contribution in [0.25, 0.3) is 0 Å². The minimum absolute atomic E-state index is 0.106. The molecule has 1 aromatic rings. The van der Waals surface area contributed by atoms with E-state index < -0.39 is 0 Å². The Kier molecular flexibility index (Phi) is 6.56. The van der Waals surface area contributed by atoms with Crippen LogP contribution >= 0.6 is 0 Å². The van der Waals surface area contributed by atoms with Gasteiger partial charge in [-0.15, -0.1) is 0 Å². The average Bonchev–Trinajstić information content (AvgIpc) is 2.45. The number of anilines is 1. The Bertz CT molecular complexity index is 443. The van der Waals surface area contributed by atoms with E-state index in [1.807, 2.05) is 6.92 Å². The van der Waals surface area contributed by atoms with E-state index in [0.717, 1.165) is 19.4 Å². The highest BCUT2D eigenvalue weighted by molar-refractivity contribution is 5.95. The number of carbonyl (C=O) groups is 2. The third-order valence-electron chi connectivity index (χ3n) is 2.93. The van der Waals surface area contributed by atoms with Crippen LogP contribution < -0.4 is 10.6 Å². The van der Waals surface area contributed by atoms with E-state index in [4.69, 9.17) is 0 Å². The second-order valence-electron chi connectivity index (χ2n) is 4.64. The fourth-order valence-corrected chi connectivity index (χ4v) is 1.68. The van der Waals surface area contributed by atoms with E-state index in [0.29, 0.717) is 17.8 Å². The van der Waals surface area contributed by atoms with E-state index in [1.165, 1.54) is 0 Å². The van der Waals surface area contributed by atoms with Crippen molar-refractivity contribution in [1.82, 2.24) is 10.2 Å². The fourth-order valence-electron chi connectivity index (χ4n) is 1.68. The van der Waals surface area contributed by atoms with Crippen LogP contribution in [0.5, 0.6) is 0 Å². The summed E-state index contributed by atoms with van der Waals surface area (Å²) in [4.78, 5) is 25.1. The maximum Gasteiger partial charge on any atom is 0.321 e. The molecule has 0 saturated carbocycles. The molecular weight excluding hydrogens is 254 g/mol. The molecule has 1 rings (SSSR count). The molecule has 0 aromatic heterocycles. The Morgan fingerprint density at radius 3 is 2.35 bits per heavy atom. The zero-order valence-corrected chi connectivity index (χ0v) is 12.4. The highest BCUT2D eigenvalue weighted by Crippen LogP contribution is 2.10. The van der Waals surface area contributed by atoms with Gasteiger partial charge in [-0.2, -0.15) is 0 Å². The van der Waals surface area contributed by atoms with Crippen LogP contribution in [0.15, 0.2) is 24.3 Å². The van der Waals surface area contributed by atoms with Crippen LogP contribution in [-0.4, -0.2) is 37.0 Å². The van der Waals surface area contributed by atoms with Crippen LogP contribution in [0.2, 0.25) is 0 Å². The van der Waals surface area contributed by atoms with Gasteiger partial charge in [0.1, 0.15) is 0 Å². The predicted octanol–water partition coefficient (Wildman–Crippen LogP) is 2.70. The summed E-state index contributed by atoms with van der Waals surface area (Å²) >= 11 is 0. The van der Waals surface area contributed by atoms with Crippen molar-refractivity contribution in [1.29, 1.82) is 0 Å². The molecule has 0 atom stereocenters. The Labute approximate surface area is 120 Å². The zero-order chi connectivity index (χ0) is 15.0. The molecule has 0 spiro atoms. The van der Waals surface area contributed by atoms with E-state index >= 15 is 0 Å². The minimum Gasteiger partial charge on any atom is -0.352 e. The van der Waals surface area contributed by atoms with Gasteiger partial charge < -0.3 is 15.5 Å². The molecule has 0 radical (unpaired) electrons. The summed E-state index contributed by atoms with van der Waals surface area (Å²) in [5, 5.41) is 5.53. The van der Waals surface area contributed by atoms with Gasteiger partial charge in [-0.1, -0.05) is 13.3 Å². The highest BCUT2D eigenvalue weighted by Gasteiger charge is 2.09. The first-order chi connectivity index (χ1) is 9.58. The van der Waals surface area contributed by atoms with Crippen molar-refractivity contribution in [3.63, 3.8) is 0 Å². The zero-order valence-electron chi connectivity index (χ0n) is 12.4. The van der Waals surface area contributed by atoms with Gasteiger partial charge in [-0.25, -0.2) is 4.79 Å². The number of rotatable bonds is 6. The molecule has 0 aliphatic rings. The molecule has 0 bridgehead atoms. The summed E-state index contributed by atoms with van der Waals surface area (Å²) in [6, 6.07) is 6.73. The van der Waals surface area contributed by atoms with Gasteiger partial charge in [0.2, 0.25) is 0 Å². The molecule has 1 aromatic carbocycles. The van der Waals surface area contributed by atoms with Gasteiger partial charge in [0.15, 0.2) is 0 Å². The lowest BCUT2D eigenvalue weighted by molar-refractivity contribution is 0.0956. The van der Waals surface area contributed by atoms with Crippen LogP contribution in [0.1, 0.15) is 37.0 Å². The van der Waals surface area contributed by atoms with Gasteiger partial charge in [0, 0.05) is 31.4 Å². The predicted molar refractivity (Wildman–Crippen MR) is 81.0 cm³/mol. The van der Waals surface area contributed by atoms with E-state index in [9.17, 15) is 9.59 Å². The number of nitrogens with zero attached hydrogens (tertiary/aromatic N) is 1. The van der Waals surface area contributed by atoms with Crippen LogP contribution in [0, 0.1) is 0 Å². The molecule has 20 heavy (non-hydrogen) atoms. The van der Waals surface area contributed by atoms with Crippen molar-refractivity contribution < 1.29 is 9.59 Å². The summed E-state index contributed by atoms with van der Waals surface area (Å²) in [6.07, 6.45) is 2.04. The molecule has 0 heterocycles. The number of carbonyl (C=O) groups excluding carboxylic acids is 2. The molecule has 3 amide bonds. The molecular formula is C15H23N3O2. The van der Waals surface area contributed by atoms with Gasteiger partial charge in [0.05, 0.1) is 0 Å². The minimum atomic E-state index is -0.135. The number of urea groups is 1. The standard InChI is InChI=1S/C15H23N3O2/c1-4-6-11-18(3)15(20)17-13-9-7-12(8-10-13)14(19)16-5-2/h7-10H,4-6,11H2,1-3H3,(H,16,19)(H,17,20). The largest absolute Gasteiger partial charge is 0.352 e. The number of hydrogen-bond acceptors (Lipinski definition) is 2. The van der Waals surface area contributed by atoms with Crippen molar-refractivity contribution in [2.45, 2.75) is 26.7 Å². The van der Waals surface area contributed by atoms with Crippen molar-refractivity contribution in [3.05, 3.63) is 29.8 Å². The SMILES string of the molecule is CCCCN(C)C(=O)Nc1ccc(C(=O)NCC)cc1. The summed E-state index contributed by atoms with van der Waals surface area (Å²) in [5.41, 5.74) is 1.27. The number of nitrogens with one attached hydrogen (secondary N) is 2. The smallest absolute Gasteiger partial charge is 0.321 e. The Morgan fingerprint density at radius 2 is 1.80 bits per heavy atom. The van der Waals surface area contributed by atoms with Crippen molar-refractivity contribution >= 4 is 17.6 Å². The fraction of sp³-hybridized carbons (Fsp3) is 0.467. The monoisotopic (exact) mass is 277 g/mol. The molecule has 5 nitrogen and oxygen atoms in total. The molecule has 2 N–H and O–H groups in total. The molecule has 0 aliphatic carbocycles. The summed E-state index contributed by atoms with van der Waals surface area (Å²) in [5.74, 6) is -0.106. The van der Waals surface area contributed by atoms with Gasteiger partial charge in [-0.05, 0) is 37.6 Å². The molecule has 0 aliphatic heterocycles. The summed E-state index contributed by atoms with van der Waals surface area (Å²) < 4.78 is 0. The third kappa shape index (κ3) is 4.91. The Hall–Kier alpha value is -2.04. The van der Waals surface area contributed by atoms with E-state index in [-0.39, 0.29) is 11.9 Å². The van der Waals surface area contributed by atoms with Crippen molar-refractivity contribution in [2.75, 3.05) is 25.5 Å². The lowest BCUT2D eigenvalue weighted by Crippen LogP contribution is -2.32. The molecule has 5 heteroatoms.